The van der Waals surface area contributed by atoms with Crippen LogP contribution in [0.4, 0.5) is 11.4 Å². The van der Waals surface area contributed by atoms with Crippen molar-refractivity contribution in [2.24, 2.45) is 0 Å². The van der Waals surface area contributed by atoms with Crippen molar-refractivity contribution in [3.63, 3.8) is 0 Å². The SMILES string of the molecule is COc1ccccc1NC(=O)c1ccccc1N(Cc1ccc(Br)cc1)C(C)=O. The summed E-state index contributed by atoms with van der Waals surface area (Å²) in [5, 5.41) is 2.88. The molecular formula is C23H21BrN2O3. The number of ether oxygens (including phenoxy) is 1. The van der Waals surface area contributed by atoms with Crippen LogP contribution in [0.1, 0.15) is 22.8 Å². The summed E-state index contributed by atoms with van der Waals surface area (Å²) in [7, 11) is 1.55. The lowest BCUT2D eigenvalue weighted by Gasteiger charge is -2.24. The molecule has 0 saturated heterocycles. The second kappa shape index (κ2) is 9.39. The van der Waals surface area contributed by atoms with Gasteiger partial charge in [-0.25, -0.2) is 0 Å². The first-order valence-electron chi connectivity index (χ1n) is 9.05. The van der Waals surface area contributed by atoms with Gasteiger partial charge in [-0.05, 0) is 42.0 Å². The van der Waals surface area contributed by atoms with E-state index in [0.29, 0.717) is 29.2 Å². The first-order valence-corrected chi connectivity index (χ1v) is 9.85. The fourth-order valence-corrected chi connectivity index (χ4v) is 3.24. The van der Waals surface area contributed by atoms with Crippen LogP contribution in [0.15, 0.2) is 77.3 Å². The third-order valence-corrected chi connectivity index (χ3v) is 4.96. The minimum Gasteiger partial charge on any atom is -0.495 e. The van der Waals surface area contributed by atoms with E-state index >= 15 is 0 Å². The van der Waals surface area contributed by atoms with Crippen LogP contribution >= 0.6 is 15.9 Å². The molecule has 0 aromatic heterocycles. The number of halogens is 1. The van der Waals surface area contributed by atoms with Crippen molar-refractivity contribution >= 4 is 39.1 Å². The van der Waals surface area contributed by atoms with Gasteiger partial charge in [0.05, 0.1) is 30.6 Å². The van der Waals surface area contributed by atoms with Gasteiger partial charge in [0.2, 0.25) is 5.91 Å². The number of methoxy groups -OCH3 is 1. The molecule has 0 aliphatic carbocycles. The van der Waals surface area contributed by atoms with Gasteiger partial charge in [-0.15, -0.1) is 0 Å². The van der Waals surface area contributed by atoms with E-state index in [4.69, 9.17) is 4.74 Å². The molecule has 148 valence electrons. The van der Waals surface area contributed by atoms with Crippen LogP contribution in [0.2, 0.25) is 0 Å². The summed E-state index contributed by atoms with van der Waals surface area (Å²) in [5.41, 5.74) is 2.49. The zero-order chi connectivity index (χ0) is 20.8. The average molecular weight is 453 g/mol. The third kappa shape index (κ3) is 5.03. The molecule has 0 spiro atoms. The molecular weight excluding hydrogens is 432 g/mol. The Bertz CT molecular complexity index is 1020. The summed E-state index contributed by atoms with van der Waals surface area (Å²) in [6.07, 6.45) is 0. The van der Waals surface area contributed by atoms with E-state index in [-0.39, 0.29) is 11.8 Å². The molecule has 2 amide bonds. The molecule has 5 nitrogen and oxygen atoms in total. The summed E-state index contributed by atoms with van der Waals surface area (Å²) < 4.78 is 6.27. The largest absolute Gasteiger partial charge is 0.495 e. The molecule has 0 heterocycles. The van der Waals surface area contributed by atoms with Gasteiger partial charge < -0.3 is 15.0 Å². The molecule has 0 radical (unpaired) electrons. The number of carbonyl (C=O) groups is 2. The van der Waals surface area contributed by atoms with E-state index < -0.39 is 0 Å². The van der Waals surface area contributed by atoms with Crippen LogP contribution in [0.25, 0.3) is 0 Å². The Labute approximate surface area is 178 Å². The number of hydrogen-bond acceptors (Lipinski definition) is 3. The molecule has 0 fully saturated rings. The second-order valence-electron chi connectivity index (χ2n) is 6.40. The van der Waals surface area contributed by atoms with Crippen molar-refractivity contribution < 1.29 is 14.3 Å². The first-order chi connectivity index (χ1) is 14.0. The fraction of sp³-hybridized carbons (Fsp3) is 0.130. The van der Waals surface area contributed by atoms with E-state index in [0.717, 1.165) is 10.0 Å². The van der Waals surface area contributed by atoms with Crippen LogP contribution in [0.5, 0.6) is 5.75 Å². The van der Waals surface area contributed by atoms with Gasteiger partial charge in [-0.1, -0.05) is 52.3 Å². The maximum absolute atomic E-state index is 13.0. The molecule has 0 aliphatic heterocycles. The van der Waals surface area contributed by atoms with Crippen molar-refractivity contribution in [1.29, 1.82) is 0 Å². The van der Waals surface area contributed by atoms with Crippen molar-refractivity contribution in [2.45, 2.75) is 13.5 Å². The van der Waals surface area contributed by atoms with Crippen LogP contribution in [-0.4, -0.2) is 18.9 Å². The van der Waals surface area contributed by atoms with Gasteiger partial charge >= 0.3 is 0 Å². The van der Waals surface area contributed by atoms with Crippen molar-refractivity contribution in [1.82, 2.24) is 0 Å². The fourth-order valence-electron chi connectivity index (χ4n) is 2.98. The van der Waals surface area contributed by atoms with Gasteiger partial charge in [-0.3, -0.25) is 9.59 Å². The number of para-hydroxylation sites is 3. The van der Waals surface area contributed by atoms with E-state index in [1.807, 2.05) is 42.5 Å². The predicted molar refractivity (Wildman–Crippen MR) is 118 cm³/mol. The maximum atomic E-state index is 13.0. The summed E-state index contributed by atoms with van der Waals surface area (Å²) >= 11 is 3.42. The number of hydrogen-bond donors (Lipinski definition) is 1. The van der Waals surface area contributed by atoms with Gasteiger partial charge in [0, 0.05) is 11.4 Å². The van der Waals surface area contributed by atoms with Crippen molar-refractivity contribution in [2.75, 3.05) is 17.3 Å². The zero-order valence-corrected chi connectivity index (χ0v) is 17.8. The molecule has 0 unspecified atom stereocenters. The number of amides is 2. The molecule has 0 saturated carbocycles. The monoisotopic (exact) mass is 452 g/mol. The molecule has 3 rings (SSSR count). The Kier molecular flexibility index (Phi) is 6.67. The Morgan fingerprint density at radius 2 is 1.62 bits per heavy atom. The lowest BCUT2D eigenvalue weighted by atomic mass is 10.1. The number of nitrogens with zero attached hydrogens (tertiary/aromatic N) is 1. The number of benzene rings is 3. The van der Waals surface area contributed by atoms with Gasteiger partial charge in [0.25, 0.3) is 5.91 Å². The summed E-state index contributed by atoms with van der Waals surface area (Å²) in [6, 6.07) is 22.0. The molecule has 6 heteroatoms. The normalized spacial score (nSPS) is 10.3. The van der Waals surface area contributed by atoms with E-state index in [2.05, 4.69) is 21.2 Å². The Morgan fingerprint density at radius 1 is 0.966 bits per heavy atom. The van der Waals surface area contributed by atoms with Gasteiger partial charge in [0.1, 0.15) is 5.75 Å². The highest BCUT2D eigenvalue weighted by Crippen LogP contribution is 2.27. The number of nitrogens with one attached hydrogen (secondary N) is 1. The quantitative estimate of drug-likeness (QED) is 0.554. The maximum Gasteiger partial charge on any atom is 0.257 e. The topological polar surface area (TPSA) is 58.6 Å². The summed E-state index contributed by atoms with van der Waals surface area (Å²) in [5.74, 6) is 0.106. The van der Waals surface area contributed by atoms with Gasteiger partial charge in [-0.2, -0.15) is 0 Å². The second-order valence-corrected chi connectivity index (χ2v) is 7.32. The van der Waals surface area contributed by atoms with Crippen LogP contribution in [0.3, 0.4) is 0 Å². The zero-order valence-electron chi connectivity index (χ0n) is 16.2. The molecule has 0 atom stereocenters. The van der Waals surface area contributed by atoms with E-state index in [1.54, 1.807) is 42.3 Å². The molecule has 0 aliphatic rings. The number of anilines is 2. The van der Waals surface area contributed by atoms with Crippen molar-refractivity contribution in [3.8, 4) is 5.75 Å². The Balaban J connectivity index is 1.92. The van der Waals surface area contributed by atoms with Crippen LogP contribution < -0.4 is 15.0 Å². The predicted octanol–water partition coefficient (Wildman–Crippen LogP) is 5.26. The Morgan fingerprint density at radius 3 is 2.31 bits per heavy atom. The smallest absolute Gasteiger partial charge is 0.257 e. The number of carbonyl (C=O) groups excluding carboxylic acids is 2. The molecule has 0 bridgehead atoms. The molecule has 1 N–H and O–H groups in total. The van der Waals surface area contributed by atoms with Gasteiger partial charge in [0.15, 0.2) is 0 Å². The van der Waals surface area contributed by atoms with Crippen LogP contribution in [-0.2, 0) is 11.3 Å². The molecule has 3 aromatic carbocycles. The standard InChI is InChI=1S/C23H21BrN2O3/c1-16(27)26(15-17-11-13-18(24)14-12-17)21-9-5-3-7-19(21)23(28)25-20-8-4-6-10-22(20)29-2/h3-14H,15H2,1-2H3,(H,25,28). The lowest BCUT2D eigenvalue weighted by Crippen LogP contribution is -2.30. The minimum atomic E-state index is -0.313. The van der Waals surface area contributed by atoms with Crippen LogP contribution in [0, 0.1) is 0 Å². The molecule has 3 aromatic rings. The van der Waals surface area contributed by atoms with E-state index in [1.165, 1.54) is 6.92 Å². The Hall–Kier alpha value is -3.12. The highest BCUT2D eigenvalue weighted by molar-refractivity contribution is 9.10. The first kappa shape index (κ1) is 20.6. The van der Waals surface area contributed by atoms with Crippen molar-refractivity contribution in [3.05, 3.63) is 88.4 Å². The highest BCUT2D eigenvalue weighted by Gasteiger charge is 2.20. The third-order valence-electron chi connectivity index (χ3n) is 4.43. The van der Waals surface area contributed by atoms with E-state index in [9.17, 15) is 9.59 Å². The lowest BCUT2D eigenvalue weighted by molar-refractivity contribution is -0.116. The summed E-state index contributed by atoms with van der Waals surface area (Å²) in [6.45, 7) is 1.86. The average Bonchev–Trinajstić information content (AvgIpc) is 2.73. The highest BCUT2D eigenvalue weighted by atomic mass is 79.9. The molecule has 29 heavy (non-hydrogen) atoms. The number of rotatable bonds is 6. The summed E-state index contributed by atoms with van der Waals surface area (Å²) in [4.78, 5) is 27.0. The minimum absolute atomic E-state index is 0.148.